The lowest BCUT2D eigenvalue weighted by Crippen LogP contribution is -2.33. The third-order valence-electron chi connectivity index (χ3n) is 4.68. The van der Waals surface area contributed by atoms with Crippen molar-refractivity contribution < 1.29 is 9.53 Å². The Labute approximate surface area is 110 Å². The maximum Gasteiger partial charge on any atom is 0.309 e. The summed E-state index contributed by atoms with van der Waals surface area (Å²) in [7, 11) is 0. The molecule has 2 N–H and O–H groups in total. The van der Waals surface area contributed by atoms with Crippen molar-refractivity contribution in [1.29, 1.82) is 0 Å². The lowest BCUT2D eigenvalue weighted by atomic mass is 9.81. The van der Waals surface area contributed by atoms with E-state index in [1.807, 2.05) is 0 Å². The molecule has 0 bridgehead atoms. The van der Waals surface area contributed by atoms with Crippen molar-refractivity contribution in [3.63, 3.8) is 0 Å². The Bertz CT molecular complexity index is 282. The molecule has 2 fully saturated rings. The van der Waals surface area contributed by atoms with Crippen molar-refractivity contribution in [2.45, 2.75) is 58.5 Å². The minimum Gasteiger partial charge on any atom is -0.462 e. The number of ether oxygens (including phenoxy) is 1. The predicted octanol–water partition coefficient (Wildman–Crippen LogP) is 2.73. The van der Waals surface area contributed by atoms with Gasteiger partial charge in [0.2, 0.25) is 0 Å². The van der Waals surface area contributed by atoms with Crippen molar-refractivity contribution in [3.05, 3.63) is 0 Å². The van der Waals surface area contributed by atoms with Gasteiger partial charge in [-0.15, -0.1) is 0 Å². The van der Waals surface area contributed by atoms with Crippen molar-refractivity contribution >= 4 is 5.97 Å². The molecular weight excluding hydrogens is 226 g/mol. The Balaban J connectivity index is 1.86. The SMILES string of the molecule is CC1CC(C)CC(OC(=O)C2CCCC2CN)C1. The van der Waals surface area contributed by atoms with Gasteiger partial charge >= 0.3 is 5.97 Å². The van der Waals surface area contributed by atoms with Crippen LogP contribution in [0.4, 0.5) is 0 Å². The van der Waals surface area contributed by atoms with Crippen molar-refractivity contribution in [2.75, 3.05) is 6.54 Å². The fraction of sp³-hybridized carbons (Fsp3) is 0.933. The smallest absolute Gasteiger partial charge is 0.309 e. The van der Waals surface area contributed by atoms with Gasteiger partial charge in [-0.1, -0.05) is 20.3 Å². The molecule has 2 rings (SSSR count). The maximum absolute atomic E-state index is 12.2. The minimum atomic E-state index is 0.0225. The van der Waals surface area contributed by atoms with E-state index in [9.17, 15) is 4.79 Å². The second kappa shape index (κ2) is 6.05. The molecule has 2 aliphatic rings. The molecule has 0 radical (unpaired) electrons. The molecule has 2 aliphatic carbocycles. The Morgan fingerprint density at radius 2 is 1.83 bits per heavy atom. The molecule has 0 heterocycles. The first-order valence-electron chi connectivity index (χ1n) is 7.50. The van der Waals surface area contributed by atoms with Crippen molar-refractivity contribution in [2.24, 2.45) is 29.4 Å². The van der Waals surface area contributed by atoms with Crippen molar-refractivity contribution in [1.82, 2.24) is 0 Å². The average molecular weight is 253 g/mol. The maximum atomic E-state index is 12.2. The van der Waals surface area contributed by atoms with Crippen LogP contribution in [-0.2, 0) is 9.53 Å². The van der Waals surface area contributed by atoms with Crippen molar-refractivity contribution in [3.8, 4) is 0 Å². The van der Waals surface area contributed by atoms with Gasteiger partial charge in [-0.05, 0) is 56.4 Å². The highest BCUT2D eigenvalue weighted by molar-refractivity contribution is 5.73. The second-order valence-corrected chi connectivity index (χ2v) is 6.51. The Morgan fingerprint density at radius 3 is 2.44 bits per heavy atom. The molecule has 3 nitrogen and oxygen atoms in total. The summed E-state index contributed by atoms with van der Waals surface area (Å²) in [5, 5.41) is 0. The van der Waals surface area contributed by atoms with E-state index >= 15 is 0 Å². The van der Waals surface area contributed by atoms with Crippen LogP contribution in [0.2, 0.25) is 0 Å². The number of carbonyl (C=O) groups is 1. The van der Waals surface area contributed by atoms with E-state index in [-0.39, 0.29) is 18.0 Å². The van der Waals surface area contributed by atoms with Crippen LogP contribution in [0, 0.1) is 23.7 Å². The number of esters is 1. The van der Waals surface area contributed by atoms with Crippen LogP contribution in [0.1, 0.15) is 52.4 Å². The van der Waals surface area contributed by atoms with Gasteiger partial charge in [-0.2, -0.15) is 0 Å². The fourth-order valence-electron chi connectivity index (χ4n) is 3.85. The van der Waals surface area contributed by atoms with E-state index in [1.165, 1.54) is 6.42 Å². The summed E-state index contributed by atoms with van der Waals surface area (Å²) in [6.07, 6.45) is 6.68. The molecule has 3 heteroatoms. The fourth-order valence-corrected chi connectivity index (χ4v) is 3.85. The van der Waals surface area contributed by atoms with Gasteiger partial charge in [-0.25, -0.2) is 0 Å². The van der Waals surface area contributed by atoms with Gasteiger partial charge in [-0.3, -0.25) is 4.79 Å². The Kier molecular flexibility index (Phi) is 4.66. The summed E-state index contributed by atoms with van der Waals surface area (Å²) in [5.41, 5.74) is 5.73. The number of nitrogens with two attached hydrogens (primary N) is 1. The first-order valence-corrected chi connectivity index (χ1v) is 7.50. The third kappa shape index (κ3) is 3.25. The molecule has 4 unspecified atom stereocenters. The number of hydrogen-bond donors (Lipinski definition) is 1. The van der Waals surface area contributed by atoms with Gasteiger partial charge in [0.25, 0.3) is 0 Å². The van der Waals surface area contributed by atoms with Crippen LogP contribution >= 0.6 is 0 Å². The van der Waals surface area contributed by atoms with E-state index in [2.05, 4.69) is 13.8 Å². The summed E-state index contributed by atoms with van der Waals surface area (Å²) in [5.74, 6) is 1.81. The van der Waals surface area contributed by atoms with Gasteiger partial charge < -0.3 is 10.5 Å². The largest absolute Gasteiger partial charge is 0.462 e. The average Bonchev–Trinajstić information content (AvgIpc) is 2.75. The number of hydrogen-bond acceptors (Lipinski definition) is 3. The molecule has 0 aliphatic heterocycles. The summed E-state index contributed by atoms with van der Waals surface area (Å²) >= 11 is 0. The van der Waals surface area contributed by atoms with E-state index in [4.69, 9.17) is 10.5 Å². The highest BCUT2D eigenvalue weighted by atomic mass is 16.5. The number of carbonyl (C=O) groups excluding carboxylic acids is 1. The molecule has 0 aromatic rings. The summed E-state index contributed by atoms with van der Waals surface area (Å²) in [6.45, 7) is 5.14. The Morgan fingerprint density at radius 1 is 1.17 bits per heavy atom. The zero-order valence-corrected chi connectivity index (χ0v) is 11.7. The standard InChI is InChI=1S/C15H27NO2/c1-10-6-11(2)8-13(7-10)18-15(17)14-5-3-4-12(14)9-16/h10-14H,3-9,16H2,1-2H3. The van der Waals surface area contributed by atoms with Crippen LogP contribution in [0.25, 0.3) is 0 Å². The summed E-state index contributed by atoms with van der Waals surface area (Å²) in [4.78, 5) is 12.2. The third-order valence-corrected chi connectivity index (χ3v) is 4.68. The first kappa shape index (κ1) is 13.9. The molecule has 0 aromatic carbocycles. The molecule has 0 amide bonds. The molecule has 0 saturated heterocycles. The topological polar surface area (TPSA) is 52.3 Å². The predicted molar refractivity (Wildman–Crippen MR) is 71.9 cm³/mol. The Hall–Kier alpha value is -0.570. The van der Waals surface area contributed by atoms with Crippen LogP contribution in [0.5, 0.6) is 0 Å². The molecule has 18 heavy (non-hydrogen) atoms. The summed E-state index contributed by atoms with van der Waals surface area (Å²) < 4.78 is 5.75. The molecule has 104 valence electrons. The lowest BCUT2D eigenvalue weighted by molar-refractivity contribution is -0.158. The lowest BCUT2D eigenvalue weighted by Gasteiger charge is -2.32. The van der Waals surface area contributed by atoms with Crippen LogP contribution < -0.4 is 5.73 Å². The second-order valence-electron chi connectivity index (χ2n) is 6.51. The minimum absolute atomic E-state index is 0.0225. The molecular formula is C15H27NO2. The van der Waals surface area contributed by atoms with Gasteiger partial charge in [0.05, 0.1) is 5.92 Å². The molecule has 0 aromatic heterocycles. The first-order chi connectivity index (χ1) is 8.60. The molecule has 4 atom stereocenters. The quantitative estimate of drug-likeness (QED) is 0.787. The van der Waals surface area contributed by atoms with Gasteiger partial charge in [0, 0.05) is 0 Å². The highest BCUT2D eigenvalue weighted by Gasteiger charge is 2.35. The number of rotatable bonds is 3. The van der Waals surface area contributed by atoms with Gasteiger partial charge in [0.1, 0.15) is 6.10 Å². The van der Waals surface area contributed by atoms with Crippen LogP contribution in [-0.4, -0.2) is 18.6 Å². The molecule has 2 saturated carbocycles. The zero-order valence-electron chi connectivity index (χ0n) is 11.7. The highest BCUT2D eigenvalue weighted by Crippen LogP contribution is 2.35. The van der Waals surface area contributed by atoms with Crippen LogP contribution in [0.3, 0.4) is 0 Å². The zero-order chi connectivity index (χ0) is 13.1. The molecule has 0 spiro atoms. The monoisotopic (exact) mass is 253 g/mol. The van der Waals surface area contributed by atoms with E-state index < -0.39 is 0 Å². The van der Waals surface area contributed by atoms with Gasteiger partial charge in [0.15, 0.2) is 0 Å². The van der Waals surface area contributed by atoms with E-state index in [0.29, 0.717) is 24.3 Å². The van der Waals surface area contributed by atoms with Crippen LogP contribution in [0.15, 0.2) is 0 Å². The summed E-state index contributed by atoms with van der Waals surface area (Å²) in [6, 6.07) is 0. The normalized spacial score (nSPS) is 40.7. The van der Waals surface area contributed by atoms with E-state index in [1.54, 1.807) is 0 Å². The van der Waals surface area contributed by atoms with E-state index in [0.717, 1.165) is 32.1 Å².